The molecule has 20 heavy (non-hydrogen) atoms. The molecule has 1 N–H and O–H groups in total. The molecule has 0 radical (unpaired) electrons. The van der Waals surface area contributed by atoms with E-state index in [0.29, 0.717) is 23.7 Å². The van der Waals surface area contributed by atoms with Gasteiger partial charge >= 0.3 is 0 Å². The first-order valence-corrected chi connectivity index (χ1v) is 6.86. The molecule has 0 fully saturated rings. The summed E-state index contributed by atoms with van der Waals surface area (Å²) in [5.41, 5.74) is 0.769. The number of nitro groups is 1. The van der Waals surface area contributed by atoms with Crippen molar-refractivity contribution in [3.63, 3.8) is 0 Å². The molecule has 0 heterocycles. The largest absolute Gasteiger partial charge is 0.385 e. The van der Waals surface area contributed by atoms with Gasteiger partial charge in [0.15, 0.2) is 0 Å². The highest BCUT2D eigenvalue weighted by Crippen LogP contribution is 2.23. The SMILES string of the molecule is COCCC(C)(C)CNCc1cc(Cl)ccc1[N+](=O)[O-]. The first-order chi connectivity index (χ1) is 9.35. The summed E-state index contributed by atoms with van der Waals surface area (Å²) < 4.78 is 5.07. The van der Waals surface area contributed by atoms with Crippen molar-refractivity contribution in [2.45, 2.75) is 26.8 Å². The van der Waals surface area contributed by atoms with Crippen molar-refractivity contribution < 1.29 is 9.66 Å². The highest BCUT2D eigenvalue weighted by atomic mass is 35.5. The number of benzene rings is 1. The summed E-state index contributed by atoms with van der Waals surface area (Å²) in [6, 6.07) is 4.61. The molecule has 0 aromatic heterocycles. The normalized spacial score (nSPS) is 11.6. The zero-order valence-corrected chi connectivity index (χ0v) is 12.9. The summed E-state index contributed by atoms with van der Waals surface area (Å²) in [7, 11) is 1.68. The smallest absolute Gasteiger partial charge is 0.273 e. The zero-order chi connectivity index (χ0) is 15.2. The van der Waals surface area contributed by atoms with Crippen LogP contribution in [-0.4, -0.2) is 25.2 Å². The number of hydrogen-bond donors (Lipinski definition) is 1. The predicted molar refractivity (Wildman–Crippen MR) is 80.1 cm³/mol. The third kappa shape index (κ3) is 5.45. The van der Waals surface area contributed by atoms with Crippen molar-refractivity contribution in [2.75, 3.05) is 20.3 Å². The van der Waals surface area contributed by atoms with E-state index in [-0.39, 0.29) is 16.0 Å². The summed E-state index contributed by atoms with van der Waals surface area (Å²) in [6.45, 7) is 6.14. The Balaban J connectivity index is 2.61. The van der Waals surface area contributed by atoms with Gasteiger partial charge < -0.3 is 10.1 Å². The molecule has 0 unspecified atom stereocenters. The fourth-order valence-corrected chi connectivity index (χ4v) is 2.07. The van der Waals surface area contributed by atoms with Crippen LogP contribution in [0, 0.1) is 15.5 Å². The van der Waals surface area contributed by atoms with Crippen molar-refractivity contribution in [3.05, 3.63) is 38.9 Å². The van der Waals surface area contributed by atoms with E-state index in [9.17, 15) is 10.1 Å². The zero-order valence-electron chi connectivity index (χ0n) is 12.1. The van der Waals surface area contributed by atoms with Crippen LogP contribution in [0.15, 0.2) is 18.2 Å². The Kier molecular flexibility index (Phi) is 6.39. The van der Waals surface area contributed by atoms with Gasteiger partial charge in [-0.05, 0) is 24.0 Å². The lowest BCUT2D eigenvalue weighted by Gasteiger charge is -2.24. The molecule has 0 atom stereocenters. The number of nitrogens with one attached hydrogen (secondary N) is 1. The Bertz CT molecular complexity index is 464. The summed E-state index contributed by atoms with van der Waals surface area (Å²) in [6.07, 6.45) is 0.925. The van der Waals surface area contributed by atoms with Crippen molar-refractivity contribution in [3.8, 4) is 0 Å². The number of hydrogen-bond acceptors (Lipinski definition) is 4. The molecule has 6 heteroatoms. The topological polar surface area (TPSA) is 64.4 Å². The number of rotatable bonds is 8. The molecule has 0 spiro atoms. The van der Waals surface area contributed by atoms with Crippen molar-refractivity contribution in [1.82, 2.24) is 5.32 Å². The van der Waals surface area contributed by atoms with Crippen molar-refractivity contribution >= 4 is 17.3 Å². The van der Waals surface area contributed by atoms with Crippen LogP contribution in [0.4, 0.5) is 5.69 Å². The molecule has 1 rings (SSSR count). The van der Waals surface area contributed by atoms with Crippen LogP contribution in [-0.2, 0) is 11.3 Å². The number of nitro benzene ring substituents is 1. The predicted octanol–water partition coefficient (Wildman–Crippen LogP) is 3.40. The molecule has 1 aromatic carbocycles. The van der Waals surface area contributed by atoms with Gasteiger partial charge in [0.2, 0.25) is 0 Å². The van der Waals surface area contributed by atoms with E-state index < -0.39 is 0 Å². The van der Waals surface area contributed by atoms with Crippen LogP contribution in [0.25, 0.3) is 0 Å². The van der Waals surface area contributed by atoms with E-state index in [4.69, 9.17) is 16.3 Å². The molecule has 0 saturated carbocycles. The van der Waals surface area contributed by atoms with Gasteiger partial charge in [-0.15, -0.1) is 0 Å². The average Bonchev–Trinajstić information content (AvgIpc) is 2.36. The van der Waals surface area contributed by atoms with E-state index >= 15 is 0 Å². The summed E-state index contributed by atoms with van der Waals surface area (Å²) in [5.74, 6) is 0. The molecule has 0 aliphatic rings. The lowest BCUT2D eigenvalue weighted by atomic mass is 9.89. The Labute approximate surface area is 124 Å². The Morgan fingerprint density at radius 2 is 2.15 bits per heavy atom. The first-order valence-electron chi connectivity index (χ1n) is 6.48. The van der Waals surface area contributed by atoms with E-state index in [2.05, 4.69) is 19.2 Å². The van der Waals surface area contributed by atoms with Gasteiger partial charge in [0.25, 0.3) is 5.69 Å². The van der Waals surface area contributed by atoms with E-state index in [0.717, 1.165) is 13.0 Å². The molecular weight excluding hydrogens is 280 g/mol. The lowest BCUT2D eigenvalue weighted by molar-refractivity contribution is -0.385. The number of halogens is 1. The van der Waals surface area contributed by atoms with Gasteiger partial charge in [0.1, 0.15) is 0 Å². The lowest BCUT2D eigenvalue weighted by Crippen LogP contribution is -2.30. The summed E-state index contributed by atoms with van der Waals surface area (Å²) >= 11 is 5.89. The first kappa shape index (κ1) is 16.9. The maximum atomic E-state index is 11.0. The Hall–Kier alpha value is -1.17. The second-order valence-corrected chi connectivity index (χ2v) is 5.98. The number of nitrogens with zero attached hydrogens (tertiary/aromatic N) is 1. The van der Waals surface area contributed by atoms with Crippen molar-refractivity contribution in [2.24, 2.45) is 5.41 Å². The van der Waals surface area contributed by atoms with Gasteiger partial charge in [-0.2, -0.15) is 0 Å². The van der Waals surface area contributed by atoms with Gasteiger partial charge in [0, 0.05) is 43.5 Å². The van der Waals surface area contributed by atoms with Gasteiger partial charge in [-0.1, -0.05) is 25.4 Å². The van der Waals surface area contributed by atoms with Crippen LogP contribution in [0.1, 0.15) is 25.8 Å². The molecular formula is C14H21ClN2O3. The third-order valence-electron chi connectivity index (χ3n) is 3.14. The maximum Gasteiger partial charge on any atom is 0.273 e. The van der Waals surface area contributed by atoms with Crippen LogP contribution in [0.3, 0.4) is 0 Å². The monoisotopic (exact) mass is 300 g/mol. The maximum absolute atomic E-state index is 11.0. The van der Waals surface area contributed by atoms with E-state index in [1.807, 2.05) is 0 Å². The van der Waals surface area contributed by atoms with Gasteiger partial charge in [0.05, 0.1) is 4.92 Å². The molecule has 112 valence electrons. The van der Waals surface area contributed by atoms with Crippen LogP contribution < -0.4 is 5.32 Å². The minimum atomic E-state index is -0.386. The minimum absolute atomic E-state index is 0.0728. The van der Waals surface area contributed by atoms with Gasteiger partial charge in [-0.3, -0.25) is 10.1 Å². The van der Waals surface area contributed by atoms with Crippen molar-refractivity contribution in [1.29, 1.82) is 0 Å². The highest BCUT2D eigenvalue weighted by Gasteiger charge is 2.18. The molecule has 1 aromatic rings. The van der Waals surface area contributed by atoms with Crippen LogP contribution >= 0.6 is 11.6 Å². The van der Waals surface area contributed by atoms with E-state index in [1.54, 1.807) is 13.2 Å². The second kappa shape index (κ2) is 7.57. The highest BCUT2D eigenvalue weighted by molar-refractivity contribution is 6.30. The van der Waals surface area contributed by atoms with Crippen LogP contribution in [0.2, 0.25) is 5.02 Å². The molecule has 0 bridgehead atoms. The fraction of sp³-hybridized carbons (Fsp3) is 0.571. The molecule has 0 aliphatic carbocycles. The summed E-state index contributed by atoms with van der Waals surface area (Å²) in [4.78, 5) is 10.6. The van der Waals surface area contributed by atoms with Gasteiger partial charge in [-0.25, -0.2) is 0 Å². The average molecular weight is 301 g/mol. The molecule has 5 nitrogen and oxygen atoms in total. The quantitative estimate of drug-likeness (QED) is 0.590. The van der Waals surface area contributed by atoms with E-state index in [1.165, 1.54) is 12.1 Å². The summed E-state index contributed by atoms with van der Waals surface area (Å²) in [5, 5.41) is 14.7. The molecule has 0 aliphatic heterocycles. The fourth-order valence-electron chi connectivity index (χ4n) is 1.88. The molecule has 0 saturated heterocycles. The third-order valence-corrected chi connectivity index (χ3v) is 3.38. The minimum Gasteiger partial charge on any atom is -0.385 e. The Morgan fingerprint density at radius 1 is 1.45 bits per heavy atom. The standard InChI is InChI=1S/C14H21ClN2O3/c1-14(2,6-7-20-3)10-16-9-11-8-12(15)4-5-13(11)17(18)19/h4-5,8,16H,6-7,9-10H2,1-3H3. The number of methoxy groups -OCH3 is 1. The second-order valence-electron chi connectivity index (χ2n) is 5.54. The van der Waals surface area contributed by atoms with Crippen LogP contribution in [0.5, 0.6) is 0 Å². The number of ether oxygens (including phenoxy) is 1. The molecule has 0 amide bonds. The Morgan fingerprint density at radius 3 is 2.75 bits per heavy atom.